The van der Waals surface area contributed by atoms with Crippen molar-refractivity contribution in [1.82, 2.24) is 0 Å². The third-order valence-electron chi connectivity index (χ3n) is 3.61. The molecule has 0 N–H and O–H groups in total. The van der Waals surface area contributed by atoms with Gasteiger partial charge in [-0.1, -0.05) is 54.6 Å². The maximum absolute atomic E-state index is 12.4. The molecule has 0 aliphatic heterocycles. The molecule has 1 heterocycles. The number of carbonyl (C=O) groups is 2. The van der Waals surface area contributed by atoms with Gasteiger partial charge in [-0.25, -0.2) is 4.79 Å². The van der Waals surface area contributed by atoms with E-state index in [1.807, 2.05) is 47.8 Å². The van der Waals surface area contributed by atoms with Gasteiger partial charge in [-0.3, -0.25) is 4.79 Å². The fourth-order valence-electron chi connectivity index (χ4n) is 2.41. The second-order valence-electron chi connectivity index (χ2n) is 5.30. The number of carbonyl (C=O) groups excluding carboxylic acids is 2. The molecule has 3 nitrogen and oxygen atoms in total. The van der Waals surface area contributed by atoms with Crippen molar-refractivity contribution in [3.63, 3.8) is 0 Å². The molecule has 3 rings (SSSR count). The summed E-state index contributed by atoms with van der Waals surface area (Å²) in [6.45, 7) is -0.237. The summed E-state index contributed by atoms with van der Waals surface area (Å²) in [5.74, 6) is -0.648. The third-order valence-corrected chi connectivity index (χ3v) is 4.52. The number of benzene rings is 2. The first kappa shape index (κ1) is 16.1. The summed E-state index contributed by atoms with van der Waals surface area (Å²) in [4.78, 5) is 24.9. The van der Waals surface area contributed by atoms with Crippen molar-refractivity contribution in [3.8, 4) is 0 Å². The van der Waals surface area contributed by atoms with Gasteiger partial charge in [0.1, 0.15) is 0 Å². The largest absolute Gasteiger partial charge is 0.454 e. The zero-order chi connectivity index (χ0) is 16.8. The standard InChI is InChI=1S/C20H16O3S/c21-18(19-11-6-12-24-19)14-23-20(22)17-10-5-4-9-16(17)13-15-7-2-1-3-8-15/h1-12H,13-14H2. The van der Waals surface area contributed by atoms with Crippen LogP contribution in [0.1, 0.15) is 31.2 Å². The van der Waals surface area contributed by atoms with Gasteiger partial charge >= 0.3 is 5.97 Å². The van der Waals surface area contributed by atoms with E-state index in [0.717, 1.165) is 11.1 Å². The zero-order valence-electron chi connectivity index (χ0n) is 13.0. The van der Waals surface area contributed by atoms with Crippen LogP contribution in [0.5, 0.6) is 0 Å². The van der Waals surface area contributed by atoms with Crippen LogP contribution in [0.2, 0.25) is 0 Å². The Balaban J connectivity index is 1.70. The van der Waals surface area contributed by atoms with Crippen LogP contribution < -0.4 is 0 Å². The van der Waals surface area contributed by atoms with E-state index in [-0.39, 0.29) is 12.4 Å². The number of esters is 1. The summed E-state index contributed by atoms with van der Waals surface area (Å²) in [6.07, 6.45) is 0.644. The molecule has 0 bridgehead atoms. The maximum Gasteiger partial charge on any atom is 0.338 e. The first-order chi connectivity index (χ1) is 11.7. The molecule has 0 saturated heterocycles. The molecule has 0 radical (unpaired) electrons. The SMILES string of the molecule is O=C(COC(=O)c1ccccc1Cc1ccccc1)c1cccs1. The minimum Gasteiger partial charge on any atom is -0.454 e. The Morgan fingerprint density at radius 2 is 1.62 bits per heavy atom. The van der Waals surface area contributed by atoms with Crippen LogP contribution in [0.15, 0.2) is 72.1 Å². The van der Waals surface area contributed by atoms with E-state index in [1.165, 1.54) is 11.3 Å². The Kier molecular flexibility index (Phi) is 5.18. The monoisotopic (exact) mass is 336 g/mol. The summed E-state index contributed by atoms with van der Waals surface area (Å²) in [5.41, 5.74) is 2.50. The fourth-order valence-corrected chi connectivity index (χ4v) is 3.06. The average molecular weight is 336 g/mol. The van der Waals surface area contributed by atoms with E-state index in [4.69, 9.17) is 4.74 Å². The summed E-state index contributed by atoms with van der Waals surface area (Å²) in [7, 11) is 0. The lowest BCUT2D eigenvalue weighted by atomic mass is 10.00. The second kappa shape index (κ2) is 7.70. The molecular formula is C20H16O3S. The molecular weight excluding hydrogens is 320 g/mol. The number of Topliss-reactive ketones (excluding diaryl/α,β-unsaturated/α-hetero) is 1. The van der Waals surface area contributed by atoms with E-state index >= 15 is 0 Å². The normalized spacial score (nSPS) is 10.3. The molecule has 4 heteroatoms. The van der Waals surface area contributed by atoms with Gasteiger partial charge in [-0.05, 0) is 35.1 Å². The van der Waals surface area contributed by atoms with Crippen LogP contribution >= 0.6 is 11.3 Å². The number of ether oxygens (including phenoxy) is 1. The number of thiophene rings is 1. The van der Waals surface area contributed by atoms with E-state index in [9.17, 15) is 9.59 Å². The Labute approximate surface area is 144 Å². The van der Waals surface area contributed by atoms with Crippen molar-refractivity contribution in [3.05, 3.63) is 93.7 Å². The van der Waals surface area contributed by atoms with E-state index in [1.54, 1.807) is 24.3 Å². The fraction of sp³-hybridized carbons (Fsp3) is 0.100. The summed E-state index contributed by atoms with van der Waals surface area (Å²) in [6, 6.07) is 20.8. The van der Waals surface area contributed by atoms with E-state index in [2.05, 4.69) is 0 Å². The first-order valence-corrected chi connectivity index (χ1v) is 8.47. The van der Waals surface area contributed by atoms with E-state index < -0.39 is 5.97 Å². The molecule has 0 atom stereocenters. The Morgan fingerprint density at radius 3 is 2.38 bits per heavy atom. The Hall–Kier alpha value is -2.72. The lowest BCUT2D eigenvalue weighted by Gasteiger charge is -2.09. The number of rotatable bonds is 6. The van der Waals surface area contributed by atoms with Crippen molar-refractivity contribution >= 4 is 23.1 Å². The highest BCUT2D eigenvalue weighted by atomic mass is 32.1. The molecule has 2 aromatic carbocycles. The van der Waals surface area contributed by atoms with Crippen LogP contribution in [-0.4, -0.2) is 18.4 Å². The molecule has 1 aromatic heterocycles. The smallest absolute Gasteiger partial charge is 0.338 e. The zero-order valence-corrected chi connectivity index (χ0v) is 13.8. The molecule has 0 unspecified atom stereocenters. The Morgan fingerprint density at radius 1 is 0.875 bits per heavy atom. The minimum atomic E-state index is -0.466. The first-order valence-electron chi connectivity index (χ1n) is 7.59. The van der Waals surface area contributed by atoms with Crippen LogP contribution in [0.3, 0.4) is 0 Å². The quantitative estimate of drug-likeness (QED) is 0.496. The van der Waals surface area contributed by atoms with Crippen LogP contribution in [0, 0.1) is 0 Å². The van der Waals surface area contributed by atoms with Crippen molar-refractivity contribution in [1.29, 1.82) is 0 Å². The van der Waals surface area contributed by atoms with Gasteiger partial charge in [0.05, 0.1) is 10.4 Å². The van der Waals surface area contributed by atoms with E-state index in [0.29, 0.717) is 16.9 Å². The van der Waals surface area contributed by atoms with Crippen molar-refractivity contribution in [2.75, 3.05) is 6.61 Å². The topological polar surface area (TPSA) is 43.4 Å². The van der Waals surface area contributed by atoms with Gasteiger partial charge < -0.3 is 4.74 Å². The molecule has 0 spiro atoms. The highest BCUT2D eigenvalue weighted by molar-refractivity contribution is 7.12. The highest BCUT2D eigenvalue weighted by Crippen LogP contribution is 2.16. The molecule has 24 heavy (non-hydrogen) atoms. The van der Waals surface area contributed by atoms with Crippen LogP contribution in [-0.2, 0) is 11.2 Å². The van der Waals surface area contributed by atoms with Gasteiger partial charge in [0, 0.05) is 0 Å². The third kappa shape index (κ3) is 3.97. The number of hydrogen-bond donors (Lipinski definition) is 0. The van der Waals surface area contributed by atoms with Gasteiger partial charge in [0.25, 0.3) is 0 Å². The number of hydrogen-bond acceptors (Lipinski definition) is 4. The molecule has 0 saturated carbocycles. The lowest BCUT2D eigenvalue weighted by Crippen LogP contribution is -2.15. The van der Waals surface area contributed by atoms with Crippen LogP contribution in [0.4, 0.5) is 0 Å². The predicted molar refractivity (Wildman–Crippen MR) is 94.6 cm³/mol. The molecule has 0 aliphatic carbocycles. The number of ketones is 1. The van der Waals surface area contributed by atoms with Gasteiger partial charge in [-0.2, -0.15) is 0 Å². The van der Waals surface area contributed by atoms with Gasteiger partial charge in [0.2, 0.25) is 5.78 Å². The lowest BCUT2D eigenvalue weighted by molar-refractivity contribution is 0.0475. The predicted octanol–water partition coefficient (Wildman–Crippen LogP) is 4.38. The van der Waals surface area contributed by atoms with Crippen molar-refractivity contribution in [2.45, 2.75) is 6.42 Å². The molecule has 3 aromatic rings. The van der Waals surface area contributed by atoms with Crippen LogP contribution in [0.25, 0.3) is 0 Å². The van der Waals surface area contributed by atoms with Gasteiger partial charge in [-0.15, -0.1) is 11.3 Å². The molecule has 0 amide bonds. The molecule has 0 fully saturated rings. The van der Waals surface area contributed by atoms with Crippen molar-refractivity contribution in [2.24, 2.45) is 0 Å². The second-order valence-corrected chi connectivity index (χ2v) is 6.24. The molecule has 0 aliphatic rings. The maximum atomic E-state index is 12.4. The summed E-state index contributed by atoms with van der Waals surface area (Å²) in [5, 5.41) is 1.82. The minimum absolute atomic E-state index is 0.182. The average Bonchev–Trinajstić information content (AvgIpc) is 3.15. The summed E-state index contributed by atoms with van der Waals surface area (Å²) < 4.78 is 5.21. The Bertz CT molecular complexity index is 823. The summed E-state index contributed by atoms with van der Waals surface area (Å²) >= 11 is 1.34. The molecule has 120 valence electrons. The highest BCUT2D eigenvalue weighted by Gasteiger charge is 2.15. The van der Waals surface area contributed by atoms with Gasteiger partial charge in [0.15, 0.2) is 6.61 Å². The van der Waals surface area contributed by atoms with Crippen molar-refractivity contribution < 1.29 is 14.3 Å².